The highest BCUT2D eigenvalue weighted by atomic mass is 19.1. The highest BCUT2D eigenvalue weighted by Crippen LogP contribution is 2.44. The fourth-order valence-electron chi connectivity index (χ4n) is 1.69. The number of aliphatic hydroxyl groups is 1. The molecule has 88 valence electrons. The topological polar surface area (TPSA) is 45.1 Å². The van der Waals surface area contributed by atoms with E-state index in [1.54, 1.807) is 6.07 Å². The molecule has 0 saturated heterocycles. The number of aliphatic hydroxyl groups excluding tert-OH is 1. The van der Waals surface area contributed by atoms with E-state index in [1.165, 1.54) is 12.3 Å². The molecule has 0 aliphatic heterocycles. The Balaban J connectivity index is 1.88. The number of nitrogens with one attached hydrogen (secondary N) is 1. The molecule has 1 heterocycles. The summed E-state index contributed by atoms with van der Waals surface area (Å²) in [6, 6.07) is 3.19. The van der Waals surface area contributed by atoms with E-state index < -0.39 is 0 Å². The summed E-state index contributed by atoms with van der Waals surface area (Å²) in [5.41, 5.74) is 0.920. The number of halogens is 1. The van der Waals surface area contributed by atoms with Crippen LogP contribution in [-0.2, 0) is 0 Å². The van der Waals surface area contributed by atoms with Gasteiger partial charge in [0.15, 0.2) is 0 Å². The third-order valence-electron chi connectivity index (χ3n) is 3.27. The zero-order valence-electron chi connectivity index (χ0n) is 9.41. The van der Waals surface area contributed by atoms with Gasteiger partial charge in [-0.3, -0.25) is 4.98 Å². The van der Waals surface area contributed by atoms with Crippen LogP contribution >= 0.6 is 0 Å². The average Bonchev–Trinajstić information content (AvgIpc) is 3.08. The predicted molar refractivity (Wildman–Crippen MR) is 59.4 cm³/mol. The van der Waals surface area contributed by atoms with Gasteiger partial charge in [-0.05, 0) is 31.9 Å². The molecule has 3 nitrogen and oxygen atoms in total. The van der Waals surface area contributed by atoms with Crippen molar-refractivity contribution in [3.63, 3.8) is 0 Å². The lowest BCUT2D eigenvalue weighted by atomic mass is 10.1. The first-order valence-corrected chi connectivity index (χ1v) is 5.61. The molecule has 1 atom stereocenters. The fraction of sp³-hybridized carbons (Fsp3) is 0.583. The standard InChI is InChI=1S/C12H17FN2O/c1-9(11-3-2-10(13)6-14-11)15-7-12(8-16)4-5-12/h2-3,6,9,15-16H,4-5,7-8H2,1H3. The summed E-state index contributed by atoms with van der Waals surface area (Å²) in [6.45, 7) is 3.03. The molecule has 1 aromatic rings. The van der Waals surface area contributed by atoms with Crippen molar-refractivity contribution in [2.24, 2.45) is 5.41 Å². The van der Waals surface area contributed by atoms with E-state index in [9.17, 15) is 9.50 Å². The molecule has 0 spiro atoms. The van der Waals surface area contributed by atoms with Crippen molar-refractivity contribution in [3.8, 4) is 0 Å². The summed E-state index contributed by atoms with van der Waals surface area (Å²) in [6.07, 6.45) is 3.40. The van der Waals surface area contributed by atoms with Crippen LogP contribution < -0.4 is 5.32 Å². The van der Waals surface area contributed by atoms with Crippen molar-refractivity contribution in [2.75, 3.05) is 13.2 Å². The maximum atomic E-state index is 12.7. The van der Waals surface area contributed by atoms with Crippen molar-refractivity contribution < 1.29 is 9.50 Å². The Morgan fingerprint density at radius 1 is 1.56 bits per heavy atom. The molecule has 0 bridgehead atoms. The minimum Gasteiger partial charge on any atom is -0.396 e. The second-order valence-corrected chi connectivity index (χ2v) is 4.66. The van der Waals surface area contributed by atoms with Crippen LogP contribution in [0.4, 0.5) is 4.39 Å². The smallest absolute Gasteiger partial charge is 0.141 e. The minimum absolute atomic E-state index is 0.0876. The molecule has 0 aromatic carbocycles. The number of hydrogen-bond acceptors (Lipinski definition) is 3. The van der Waals surface area contributed by atoms with Crippen LogP contribution in [0.25, 0.3) is 0 Å². The van der Waals surface area contributed by atoms with Crippen LogP contribution in [0.3, 0.4) is 0 Å². The molecule has 2 rings (SSSR count). The Kier molecular flexibility index (Phi) is 3.21. The van der Waals surface area contributed by atoms with E-state index in [2.05, 4.69) is 10.3 Å². The van der Waals surface area contributed by atoms with Crippen molar-refractivity contribution in [2.45, 2.75) is 25.8 Å². The molecule has 0 amide bonds. The van der Waals surface area contributed by atoms with Crippen molar-refractivity contribution in [1.82, 2.24) is 10.3 Å². The third kappa shape index (κ3) is 2.57. The molecule has 1 aliphatic rings. The molecule has 1 saturated carbocycles. The van der Waals surface area contributed by atoms with Crippen LogP contribution in [0.15, 0.2) is 18.3 Å². The van der Waals surface area contributed by atoms with Gasteiger partial charge in [-0.15, -0.1) is 0 Å². The van der Waals surface area contributed by atoms with Gasteiger partial charge in [-0.25, -0.2) is 4.39 Å². The monoisotopic (exact) mass is 224 g/mol. The van der Waals surface area contributed by atoms with Gasteiger partial charge in [-0.1, -0.05) is 0 Å². The summed E-state index contributed by atoms with van der Waals surface area (Å²) >= 11 is 0. The Bertz CT molecular complexity index is 349. The Hall–Kier alpha value is -1.00. The Labute approximate surface area is 94.7 Å². The number of aromatic nitrogens is 1. The summed E-state index contributed by atoms with van der Waals surface area (Å²) in [5, 5.41) is 12.5. The van der Waals surface area contributed by atoms with Gasteiger partial charge in [-0.2, -0.15) is 0 Å². The molecular weight excluding hydrogens is 207 g/mol. The lowest BCUT2D eigenvalue weighted by Crippen LogP contribution is -2.29. The van der Waals surface area contributed by atoms with Crippen LogP contribution in [0.5, 0.6) is 0 Å². The van der Waals surface area contributed by atoms with E-state index in [1.807, 2.05) is 6.92 Å². The molecular formula is C12H17FN2O. The van der Waals surface area contributed by atoms with Gasteiger partial charge >= 0.3 is 0 Å². The first-order chi connectivity index (χ1) is 7.65. The minimum atomic E-state index is -0.315. The summed E-state index contributed by atoms with van der Waals surface area (Å²) in [4.78, 5) is 4.03. The molecule has 0 radical (unpaired) electrons. The van der Waals surface area contributed by atoms with Crippen molar-refractivity contribution in [3.05, 3.63) is 29.8 Å². The van der Waals surface area contributed by atoms with Crippen LogP contribution in [0.1, 0.15) is 31.5 Å². The molecule has 1 aromatic heterocycles. The maximum absolute atomic E-state index is 12.7. The second kappa shape index (κ2) is 4.47. The third-order valence-corrected chi connectivity index (χ3v) is 3.27. The van der Waals surface area contributed by atoms with E-state index in [0.29, 0.717) is 0 Å². The summed E-state index contributed by atoms with van der Waals surface area (Å²) < 4.78 is 12.7. The predicted octanol–water partition coefficient (Wildman–Crippen LogP) is 1.64. The van der Waals surface area contributed by atoms with E-state index in [4.69, 9.17) is 0 Å². The number of hydrogen-bond donors (Lipinski definition) is 2. The van der Waals surface area contributed by atoms with Gasteiger partial charge in [0.25, 0.3) is 0 Å². The normalized spacial score (nSPS) is 19.4. The first kappa shape index (κ1) is 11.5. The average molecular weight is 224 g/mol. The number of nitrogens with zero attached hydrogens (tertiary/aromatic N) is 1. The molecule has 4 heteroatoms. The first-order valence-electron chi connectivity index (χ1n) is 5.61. The van der Waals surface area contributed by atoms with Gasteiger partial charge in [0, 0.05) is 24.6 Å². The van der Waals surface area contributed by atoms with Gasteiger partial charge in [0.1, 0.15) is 5.82 Å². The van der Waals surface area contributed by atoms with Crippen molar-refractivity contribution >= 4 is 0 Å². The fourth-order valence-corrected chi connectivity index (χ4v) is 1.69. The molecule has 1 fully saturated rings. The number of pyridine rings is 1. The zero-order chi connectivity index (χ0) is 11.6. The SMILES string of the molecule is CC(NCC1(CO)CC1)c1ccc(F)cn1. The molecule has 2 N–H and O–H groups in total. The van der Waals surface area contributed by atoms with Gasteiger partial charge in [0.05, 0.1) is 11.9 Å². The second-order valence-electron chi connectivity index (χ2n) is 4.66. The van der Waals surface area contributed by atoms with E-state index in [-0.39, 0.29) is 23.9 Å². The lowest BCUT2D eigenvalue weighted by molar-refractivity contribution is 0.204. The lowest BCUT2D eigenvalue weighted by Gasteiger charge is -2.17. The van der Waals surface area contributed by atoms with Crippen molar-refractivity contribution in [1.29, 1.82) is 0 Å². The van der Waals surface area contributed by atoms with Crippen LogP contribution in [0, 0.1) is 11.2 Å². The van der Waals surface area contributed by atoms with E-state index in [0.717, 1.165) is 25.1 Å². The molecule has 1 aliphatic carbocycles. The maximum Gasteiger partial charge on any atom is 0.141 e. The highest BCUT2D eigenvalue weighted by molar-refractivity contribution is 5.09. The summed E-state index contributed by atoms with van der Waals surface area (Å²) in [5.74, 6) is -0.315. The highest BCUT2D eigenvalue weighted by Gasteiger charge is 2.41. The summed E-state index contributed by atoms with van der Waals surface area (Å²) in [7, 11) is 0. The van der Waals surface area contributed by atoms with Gasteiger partial charge in [0.2, 0.25) is 0 Å². The Morgan fingerprint density at radius 2 is 2.31 bits per heavy atom. The molecule has 16 heavy (non-hydrogen) atoms. The van der Waals surface area contributed by atoms with Crippen LogP contribution in [0.2, 0.25) is 0 Å². The largest absolute Gasteiger partial charge is 0.396 e. The van der Waals surface area contributed by atoms with E-state index >= 15 is 0 Å². The van der Waals surface area contributed by atoms with Gasteiger partial charge < -0.3 is 10.4 Å². The zero-order valence-corrected chi connectivity index (χ0v) is 9.41. The molecule has 1 unspecified atom stereocenters. The Morgan fingerprint density at radius 3 is 2.81 bits per heavy atom. The van der Waals surface area contributed by atoms with Crippen LogP contribution in [-0.4, -0.2) is 23.2 Å². The quantitative estimate of drug-likeness (QED) is 0.799. The number of rotatable bonds is 5.